The van der Waals surface area contributed by atoms with Gasteiger partial charge in [0, 0.05) is 0 Å². The van der Waals surface area contributed by atoms with E-state index in [1.54, 1.807) is 63.8 Å². The van der Waals surface area contributed by atoms with Gasteiger partial charge in [-0.15, -0.1) is 0 Å². The molecule has 0 aromatic rings. The molecule has 0 amide bonds. The Labute approximate surface area is 205 Å². The quantitative estimate of drug-likeness (QED) is 0.356. The minimum absolute atomic E-state index is 0.583. The molecule has 0 spiro atoms. The third-order valence-electron chi connectivity index (χ3n) is 10.8. The highest BCUT2D eigenvalue weighted by Gasteiger charge is 2.51. The van der Waals surface area contributed by atoms with E-state index in [0.717, 1.165) is 41.0 Å². The van der Waals surface area contributed by atoms with Crippen molar-refractivity contribution in [3.8, 4) is 0 Å². The van der Waals surface area contributed by atoms with Gasteiger partial charge in [-0.05, 0) is 65.7 Å². The molecule has 0 bridgehead atoms. The summed E-state index contributed by atoms with van der Waals surface area (Å²) in [7, 11) is -1.08. The first-order valence-corrected chi connectivity index (χ1v) is 18.5. The van der Waals surface area contributed by atoms with Crippen molar-refractivity contribution in [1.82, 2.24) is 0 Å². The first-order valence-electron chi connectivity index (χ1n) is 15.2. The van der Waals surface area contributed by atoms with Crippen LogP contribution in [0.25, 0.3) is 0 Å². The summed E-state index contributed by atoms with van der Waals surface area (Å²) in [6.45, 7) is 21.3. The van der Waals surface area contributed by atoms with Gasteiger partial charge in [-0.3, -0.25) is 0 Å². The summed E-state index contributed by atoms with van der Waals surface area (Å²) in [5.74, 6) is 6.74. The molecular formula is C31H62Si. The summed E-state index contributed by atoms with van der Waals surface area (Å²) < 4.78 is 0. The summed E-state index contributed by atoms with van der Waals surface area (Å²) in [5, 5.41) is 0. The van der Waals surface area contributed by atoms with Crippen LogP contribution < -0.4 is 0 Å². The summed E-state index contributed by atoms with van der Waals surface area (Å²) in [6, 6.07) is 1.69. The normalized spacial score (nSPS) is 36.8. The maximum atomic E-state index is 2.81. The van der Waals surface area contributed by atoms with Crippen LogP contribution in [0.5, 0.6) is 0 Å². The number of rotatable bonds is 5. The minimum atomic E-state index is -1.08. The lowest BCUT2D eigenvalue weighted by Crippen LogP contribution is -2.41. The van der Waals surface area contributed by atoms with Crippen molar-refractivity contribution >= 4 is 8.07 Å². The monoisotopic (exact) mass is 462 g/mol. The van der Waals surface area contributed by atoms with Crippen LogP contribution in [0.15, 0.2) is 0 Å². The Morgan fingerprint density at radius 2 is 1.25 bits per heavy atom. The van der Waals surface area contributed by atoms with Crippen molar-refractivity contribution in [3.05, 3.63) is 0 Å². The second kappa shape index (κ2) is 12.8. The molecule has 0 nitrogen and oxygen atoms in total. The standard InChI is InChI=1S/C22H40Si.C7H16.C2H6/c1-16-14-18-9-5-7-11-21(18)22(16)23(2,3)15-19-13-12-17-8-4-6-10-20(17)19;1-5-7(3,4)6-2;1-2/h16-22H,4-15H2,1-3H3;5-6H2,1-4H3;1-2H3. The molecule has 4 rings (SSSR count). The van der Waals surface area contributed by atoms with E-state index in [-0.39, 0.29) is 0 Å². The van der Waals surface area contributed by atoms with E-state index < -0.39 is 8.07 Å². The number of hydrogen-bond donors (Lipinski definition) is 0. The summed E-state index contributed by atoms with van der Waals surface area (Å²) >= 11 is 0. The van der Waals surface area contributed by atoms with Gasteiger partial charge >= 0.3 is 0 Å². The molecule has 4 fully saturated rings. The Bertz CT molecular complexity index is 515. The third-order valence-corrected chi connectivity index (χ3v) is 15.2. The molecule has 1 heteroatoms. The van der Waals surface area contributed by atoms with Crippen molar-refractivity contribution in [2.75, 3.05) is 0 Å². The van der Waals surface area contributed by atoms with Crippen molar-refractivity contribution in [3.63, 3.8) is 0 Å². The van der Waals surface area contributed by atoms with Crippen LogP contribution in [-0.2, 0) is 0 Å². The first kappa shape index (κ1) is 28.5. The molecule has 190 valence electrons. The van der Waals surface area contributed by atoms with Gasteiger partial charge in [0.25, 0.3) is 0 Å². The second-order valence-corrected chi connectivity index (χ2v) is 18.6. The summed E-state index contributed by atoms with van der Waals surface area (Å²) in [5.41, 5.74) is 1.75. The van der Waals surface area contributed by atoms with Gasteiger partial charge in [-0.1, -0.05) is 132 Å². The summed E-state index contributed by atoms with van der Waals surface area (Å²) in [6.07, 6.45) is 19.9. The molecule has 0 saturated heterocycles. The van der Waals surface area contributed by atoms with Crippen molar-refractivity contribution in [2.45, 2.75) is 157 Å². The van der Waals surface area contributed by atoms with Gasteiger partial charge in [0.15, 0.2) is 0 Å². The fourth-order valence-corrected chi connectivity index (χ4v) is 14.0. The maximum absolute atomic E-state index is 2.81. The van der Waals surface area contributed by atoms with Crippen LogP contribution in [0, 0.1) is 40.9 Å². The van der Waals surface area contributed by atoms with E-state index >= 15 is 0 Å². The van der Waals surface area contributed by atoms with E-state index in [1.165, 1.54) is 25.7 Å². The Morgan fingerprint density at radius 3 is 1.81 bits per heavy atom. The van der Waals surface area contributed by atoms with Crippen LogP contribution in [0.4, 0.5) is 0 Å². The lowest BCUT2D eigenvalue weighted by Gasteiger charge is -2.42. The van der Waals surface area contributed by atoms with Gasteiger partial charge in [0.1, 0.15) is 0 Å². The fourth-order valence-electron chi connectivity index (χ4n) is 8.57. The topological polar surface area (TPSA) is 0 Å². The predicted octanol–water partition coefficient (Wildman–Crippen LogP) is 11.0. The molecule has 0 N–H and O–H groups in total. The zero-order chi connectivity index (χ0) is 23.9. The highest BCUT2D eigenvalue weighted by molar-refractivity contribution is 6.79. The Kier molecular flexibility index (Phi) is 11.4. The average Bonchev–Trinajstić information content (AvgIpc) is 3.35. The zero-order valence-corrected chi connectivity index (χ0v) is 24.9. The van der Waals surface area contributed by atoms with Gasteiger partial charge in [-0.2, -0.15) is 0 Å². The fraction of sp³-hybridized carbons (Fsp3) is 1.00. The first-order chi connectivity index (χ1) is 15.2. The Morgan fingerprint density at radius 1 is 0.719 bits per heavy atom. The second-order valence-electron chi connectivity index (χ2n) is 13.6. The molecule has 4 aliphatic rings. The third kappa shape index (κ3) is 7.11. The lowest BCUT2D eigenvalue weighted by molar-refractivity contribution is 0.235. The molecule has 7 unspecified atom stereocenters. The Balaban J connectivity index is 0.000000348. The molecule has 4 aliphatic carbocycles. The molecule has 32 heavy (non-hydrogen) atoms. The number of hydrogen-bond acceptors (Lipinski definition) is 0. The van der Waals surface area contributed by atoms with Gasteiger partial charge < -0.3 is 0 Å². The van der Waals surface area contributed by atoms with E-state index in [4.69, 9.17) is 0 Å². The lowest BCUT2D eigenvalue weighted by atomic mass is 9.78. The van der Waals surface area contributed by atoms with E-state index in [2.05, 4.69) is 47.7 Å². The molecule has 4 saturated carbocycles. The Hall–Kier alpha value is 0.217. The van der Waals surface area contributed by atoms with Gasteiger partial charge in [-0.25, -0.2) is 0 Å². The van der Waals surface area contributed by atoms with E-state index in [1.807, 2.05) is 13.8 Å². The minimum Gasteiger partial charge on any atom is -0.0691 e. The van der Waals surface area contributed by atoms with Crippen LogP contribution >= 0.6 is 0 Å². The van der Waals surface area contributed by atoms with Crippen molar-refractivity contribution in [1.29, 1.82) is 0 Å². The maximum Gasteiger partial charge on any atom is 0.0513 e. The van der Waals surface area contributed by atoms with Crippen LogP contribution in [0.1, 0.15) is 132 Å². The molecule has 0 aliphatic heterocycles. The smallest absolute Gasteiger partial charge is 0.0513 e. The van der Waals surface area contributed by atoms with Crippen molar-refractivity contribution in [2.24, 2.45) is 40.9 Å². The molecule has 0 aromatic heterocycles. The SMILES string of the molecule is CC.CC1CC2CCCCC2C1[Si](C)(C)CC1CCC2CCCCC21.CCC(C)(C)CC. The molecule has 7 atom stereocenters. The molecule has 0 aromatic carbocycles. The molecular weight excluding hydrogens is 400 g/mol. The predicted molar refractivity (Wildman–Crippen MR) is 149 cm³/mol. The van der Waals surface area contributed by atoms with Crippen LogP contribution in [0.2, 0.25) is 24.7 Å². The molecule has 0 radical (unpaired) electrons. The van der Waals surface area contributed by atoms with Crippen molar-refractivity contribution < 1.29 is 0 Å². The van der Waals surface area contributed by atoms with E-state index in [0.29, 0.717) is 5.41 Å². The highest BCUT2D eigenvalue weighted by atomic mass is 28.3. The van der Waals surface area contributed by atoms with Crippen LogP contribution in [-0.4, -0.2) is 8.07 Å². The average molecular weight is 463 g/mol. The van der Waals surface area contributed by atoms with Gasteiger partial charge in [0.2, 0.25) is 0 Å². The van der Waals surface area contributed by atoms with Gasteiger partial charge in [0.05, 0.1) is 8.07 Å². The molecule has 0 heterocycles. The zero-order valence-electron chi connectivity index (χ0n) is 23.9. The largest absolute Gasteiger partial charge is 0.0691 e. The van der Waals surface area contributed by atoms with E-state index in [9.17, 15) is 0 Å². The van der Waals surface area contributed by atoms with Crippen LogP contribution in [0.3, 0.4) is 0 Å². The highest BCUT2D eigenvalue weighted by Crippen LogP contribution is 2.58. The summed E-state index contributed by atoms with van der Waals surface area (Å²) in [4.78, 5) is 0. The number of fused-ring (bicyclic) bond motifs is 2.